The Morgan fingerprint density at radius 1 is 0.781 bits per heavy atom. The number of hydrazine groups is 2. The SMILES string of the molecule is COc1ccccc1C(=S)N(C)NC(=O)C(C)C(=O)NN(C)C(=S)c1ccccc1OC. The Kier molecular flexibility index (Phi) is 8.91. The summed E-state index contributed by atoms with van der Waals surface area (Å²) >= 11 is 10.9. The van der Waals surface area contributed by atoms with E-state index in [2.05, 4.69) is 10.9 Å². The molecule has 2 N–H and O–H groups in total. The number of amides is 2. The Hall–Kier alpha value is -3.24. The zero-order valence-electron chi connectivity index (χ0n) is 18.5. The van der Waals surface area contributed by atoms with Crippen LogP contribution < -0.4 is 20.3 Å². The van der Waals surface area contributed by atoms with Gasteiger partial charge < -0.3 is 9.47 Å². The van der Waals surface area contributed by atoms with Crippen molar-refractivity contribution in [3.63, 3.8) is 0 Å². The predicted molar refractivity (Wildman–Crippen MR) is 130 cm³/mol. The molecule has 0 heterocycles. The van der Waals surface area contributed by atoms with Gasteiger partial charge in [0.25, 0.3) is 11.8 Å². The summed E-state index contributed by atoms with van der Waals surface area (Å²) in [7, 11) is 6.28. The lowest BCUT2D eigenvalue weighted by atomic mass is 10.1. The quantitative estimate of drug-likeness (QED) is 0.375. The average Bonchev–Trinajstić information content (AvgIpc) is 2.82. The number of nitrogens with one attached hydrogen (secondary N) is 2. The molecule has 2 aromatic carbocycles. The number of thiocarbonyl (C=S) groups is 2. The molecular weight excluding hydrogens is 448 g/mol. The third-order valence-corrected chi connectivity index (χ3v) is 5.61. The molecule has 0 atom stereocenters. The highest BCUT2D eigenvalue weighted by Gasteiger charge is 2.25. The van der Waals surface area contributed by atoms with Gasteiger partial charge in [0.1, 0.15) is 27.4 Å². The van der Waals surface area contributed by atoms with Gasteiger partial charge >= 0.3 is 0 Å². The topological polar surface area (TPSA) is 83.1 Å². The molecule has 0 saturated carbocycles. The standard InChI is InChI=1S/C22H26N4O4S2/c1-14(19(27)23-25(2)21(31)15-10-6-8-12-17(15)29-4)20(28)24-26(3)22(32)16-11-7-9-13-18(16)30-5/h6-14H,1-5H3,(H,23,27)(H,24,28). The normalized spacial score (nSPS) is 10.2. The molecule has 0 spiro atoms. The van der Waals surface area contributed by atoms with Crippen LogP contribution in [0.25, 0.3) is 0 Å². The summed E-state index contributed by atoms with van der Waals surface area (Å²) in [5.74, 6) is -0.912. The zero-order valence-corrected chi connectivity index (χ0v) is 20.2. The van der Waals surface area contributed by atoms with Gasteiger partial charge in [-0.15, -0.1) is 0 Å². The van der Waals surface area contributed by atoms with Crippen molar-refractivity contribution < 1.29 is 19.1 Å². The Balaban J connectivity index is 2.00. The van der Waals surface area contributed by atoms with Gasteiger partial charge in [-0.05, 0) is 31.2 Å². The van der Waals surface area contributed by atoms with Crippen LogP contribution in [0.3, 0.4) is 0 Å². The van der Waals surface area contributed by atoms with E-state index in [4.69, 9.17) is 33.9 Å². The molecule has 0 radical (unpaired) electrons. The molecule has 0 aliphatic heterocycles. The molecule has 0 fully saturated rings. The Morgan fingerprint density at radius 3 is 1.47 bits per heavy atom. The molecule has 2 amide bonds. The maximum atomic E-state index is 12.6. The molecule has 0 aliphatic carbocycles. The number of benzene rings is 2. The van der Waals surface area contributed by atoms with Crippen LogP contribution in [0.2, 0.25) is 0 Å². The highest BCUT2D eigenvalue weighted by Crippen LogP contribution is 2.20. The summed E-state index contributed by atoms with van der Waals surface area (Å²) in [5.41, 5.74) is 6.55. The summed E-state index contributed by atoms with van der Waals surface area (Å²) in [5, 5.41) is 2.75. The molecule has 170 valence electrons. The fourth-order valence-electron chi connectivity index (χ4n) is 2.75. The number of nitrogens with zero attached hydrogens (tertiary/aromatic N) is 2. The maximum Gasteiger partial charge on any atom is 0.250 e. The van der Waals surface area contributed by atoms with Gasteiger partial charge in [0, 0.05) is 14.1 Å². The summed E-state index contributed by atoms with van der Waals surface area (Å²) in [6, 6.07) is 14.4. The lowest BCUT2D eigenvalue weighted by molar-refractivity contribution is -0.137. The second-order valence-corrected chi connectivity index (χ2v) is 7.58. The molecule has 0 saturated heterocycles. The van der Waals surface area contributed by atoms with E-state index in [1.807, 2.05) is 24.3 Å². The summed E-state index contributed by atoms with van der Waals surface area (Å²) in [6.07, 6.45) is 0. The first-order valence-electron chi connectivity index (χ1n) is 9.64. The van der Waals surface area contributed by atoms with Gasteiger partial charge in [0.15, 0.2) is 0 Å². The predicted octanol–water partition coefficient (Wildman–Crippen LogP) is 2.32. The first kappa shape index (κ1) is 25.0. The lowest BCUT2D eigenvalue weighted by Gasteiger charge is -2.26. The van der Waals surface area contributed by atoms with Crippen molar-refractivity contribution in [3.8, 4) is 11.5 Å². The average molecular weight is 475 g/mol. The number of hydrogen-bond acceptors (Lipinski definition) is 6. The number of hydrogen-bond donors (Lipinski definition) is 2. The van der Waals surface area contributed by atoms with Crippen LogP contribution in [-0.4, -0.2) is 60.1 Å². The number of carbonyl (C=O) groups is 2. The first-order chi connectivity index (χ1) is 15.2. The van der Waals surface area contributed by atoms with Crippen LogP contribution in [0.1, 0.15) is 18.1 Å². The van der Waals surface area contributed by atoms with E-state index in [1.165, 1.54) is 16.9 Å². The third kappa shape index (κ3) is 5.92. The van der Waals surface area contributed by atoms with Gasteiger partial charge in [-0.2, -0.15) is 0 Å². The summed E-state index contributed by atoms with van der Waals surface area (Å²) in [4.78, 5) is 26.0. The van der Waals surface area contributed by atoms with E-state index in [1.54, 1.807) is 52.6 Å². The van der Waals surface area contributed by atoms with Crippen molar-refractivity contribution in [3.05, 3.63) is 59.7 Å². The summed E-state index contributed by atoms with van der Waals surface area (Å²) in [6.45, 7) is 1.49. The van der Waals surface area contributed by atoms with Crippen LogP contribution in [0.4, 0.5) is 0 Å². The minimum absolute atomic E-state index is 0.345. The fourth-order valence-corrected chi connectivity index (χ4v) is 3.18. The van der Waals surface area contributed by atoms with Crippen molar-refractivity contribution in [1.82, 2.24) is 20.9 Å². The van der Waals surface area contributed by atoms with Crippen LogP contribution in [0, 0.1) is 5.92 Å². The molecule has 2 aromatic rings. The van der Waals surface area contributed by atoms with Crippen molar-refractivity contribution in [2.45, 2.75) is 6.92 Å². The van der Waals surface area contributed by atoms with Crippen LogP contribution in [-0.2, 0) is 9.59 Å². The van der Waals surface area contributed by atoms with E-state index < -0.39 is 17.7 Å². The second-order valence-electron chi connectivity index (χ2n) is 6.80. The zero-order chi connectivity index (χ0) is 23.8. The van der Waals surface area contributed by atoms with Gasteiger partial charge in [-0.3, -0.25) is 30.5 Å². The van der Waals surface area contributed by atoms with Crippen LogP contribution in [0.5, 0.6) is 11.5 Å². The highest BCUT2D eigenvalue weighted by atomic mass is 32.1. The molecule has 0 bridgehead atoms. The van der Waals surface area contributed by atoms with Gasteiger partial charge in [0.05, 0.1) is 25.3 Å². The fraction of sp³-hybridized carbons (Fsp3) is 0.273. The van der Waals surface area contributed by atoms with Crippen molar-refractivity contribution in [2.75, 3.05) is 28.3 Å². The van der Waals surface area contributed by atoms with Crippen LogP contribution >= 0.6 is 24.4 Å². The minimum atomic E-state index is -1.01. The van der Waals surface area contributed by atoms with Gasteiger partial charge in [-0.25, -0.2) is 0 Å². The number of methoxy groups -OCH3 is 2. The van der Waals surface area contributed by atoms with Gasteiger partial charge in [-0.1, -0.05) is 48.7 Å². The molecule has 0 unspecified atom stereocenters. The number of ether oxygens (including phenoxy) is 2. The molecule has 0 aliphatic rings. The molecule has 32 heavy (non-hydrogen) atoms. The van der Waals surface area contributed by atoms with Gasteiger partial charge in [0.2, 0.25) is 0 Å². The Labute approximate surface area is 198 Å². The van der Waals surface area contributed by atoms with E-state index in [9.17, 15) is 9.59 Å². The smallest absolute Gasteiger partial charge is 0.250 e. The van der Waals surface area contributed by atoms with Crippen LogP contribution in [0.15, 0.2) is 48.5 Å². The minimum Gasteiger partial charge on any atom is -0.496 e. The largest absolute Gasteiger partial charge is 0.496 e. The van der Waals surface area contributed by atoms with E-state index in [0.717, 1.165) is 0 Å². The summed E-state index contributed by atoms with van der Waals surface area (Å²) < 4.78 is 10.6. The van der Waals surface area contributed by atoms with E-state index >= 15 is 0 Å². The molecule has 8 nitrogen and oxygen atoms in total. The molecule has 2 rings (SSSR count). The monoisotopic (exact) mass is 474 g/mol. The highest BCUT2D eigenvalue weighted by molar-refractivity contribution is 7.81. The van der Waals surface area contributed by atoms with E-state index in [0.29, 0.717) is 32.6 Å². The first-order valence-corrected chi connectivity index (χ1v) is 10.5. The third-order valence-electron chi connectivity index (χ3n) is 4.63. The van der Waals surface area contributed by atoms with Crippen molar-refractivity contribution >= 4 is 46.2 Å². The molecular formula is C22H26N4O4S2. The number of carbonyl (C=O) groups excluding carboxylic acids is 2. The van der Waals surface area contributed by atoms with Crippen molar-refractivity contribution in [1.29, 1.82) is 0 Å². The molecule has 10 heteroatoms. The Bertz CT molecular complexity index is 935. The number of para-hydroxylation sites is 2. The lowest BCUT2D eigenvalue weighted by Crippen LogP contribution is -2.51. The number of rotatable bonds is 6. The van der Waals surface area contributed by atoms with E-state index in [-0.39, 0.29) is 0 Å². The molecule has 0 aromatic heterocycles. The Morgan fingerprint density at radius 2 is 1.12 bits per heavy atom. The maximum absolute atomic E-state index is 12.6. The van der Waals surface area contributed by atoms with Crippen molar-refractivity contribution in [2.24, 2.45) is 5.92 Å². The second kappa shape index (κ2) is 11.4.